The van der Waals surface area contributed by atoms with E-state index < -0.39 is 0 Å². The second kappa shape index (κ2) is 9.66. The number of halogens is 1. The highest BCUT2D eigenvalue weighted by Gasteiger charge is 2.15. The van der Waals surface area contributed by atoms with E-state index in [0.29, 0.717) is 6.04 Å². The minimum absolute atomic E-state index is 0. The lowest BCUT2D eigenvalue weighted by Gasteiger charge is -2.17. The quantitative estimate of drug-likeness (QED) is 0.428. The predicted octanol–water partition coefficient (Wildman–Crippen LogP) is 3.16. The van der Waals surface area contributed by atoms with Crippen LogP contribution >= 0.6 is 24.0 Å². The molecule has 0 aliphatic heterocycles. The molecule has 1 heterocycles. The van der Waals surface area contributed by atoms with E-state index >= 15 is 0 Å². The van der Waals surface area contributed by atoms with Gasteiger partial charge in [-0.15, -0.1) is 24.0 Å². The van der Waals surface area contributed by atoms with Crippen molar-refractivity contribution in [1.29, 1.82) is 0 Å². The van der Waals surface area contributed by atoms with Crippen LogP contribution in [0.2, 0.25) is 0 Å². The second-order valence-corrected chi connectivity index (χ2v) is 6.11. The van der Waals surface area contributed by atoms with E-state index in [1.807, 2.05) is 25.8 Å². The Bertz CT molecular complexity index is 633. The molecule has 1 aliphatic carbocycles. The maximum Gasteiger partial charge on any atom is 0.191 e. The van der Waals surface area contributed by atoms with Gasteiger partial charge in [-0.05, 0) is 24.0 Å². The molecule has 24 heavy (non-hydrogen) atoms. The van der Waals surface area contributed by atoms with Crippen molar-refractivity contribution in [2.45, 2.75) is 44.8 Å². The average Bonchev–Trinajstić information content (AvgIpc) is 3.25. The van der Waals surface area contributed by atoms with Gasteiger partial charge in [0.15, 0.2) is 5.96 Å². The highest BCUT2D eigenvalue weighted by Crippen LogP contribution is 2.17. The van der Waals surface area contributed by atoms with Gasteiger partial charge in [0, 0.05) is 38.6 Å². The summed E-state index contributed by atoms with van der Waals surface area (Å²) in [5.74, 6) is 0.900. The van der Waals surface area contributed by atoms with Crippen molar-refractivity contribution >= 4 is 29.9 Å². The molecule has 0 spiro atoms. The van der Waals surface area contributed by atoms with Gasteiger partial charge in [0.25, 0.3) is 0 Å². The van der Waals surface area contributed by atoms with E-state index in [0.717, 1.165) is 19.0 Å². The van der Waals surface area contributed by atoms with Crippen molar-refractivity contribution in [3.05, 3.63) is 54.1 Å². The molecule has 2 aromatic rings. The molecule has 0 unspecified atom stereocenters. The molecule has 1 aromatic carbocycles. The number of rotatable bonds is 5. The number of hydrogen-bond acceptors (Lipinski definition) is 2. The van der Waals surface area contributed by atoms with Gasteiger partial charge in [0.2, 0.25) is 0 Å². The highest BCUT2D eigenvalue weighted by molar-refractivity contribution is 14.0. The van der Waals surface area contributed by atoms with Crippen LogP contribution in [0.4, 0.5) is 0 Å². The van der Waals surface area contributed by atoms with Crippen LogP contribution in [0.1, 0.15) is 36.8 Å². The zero-order chi connectivity index (χ0) is 15.9. The average molecular weight is 439 g/mol. The number of aromatic nitrogens is 2. The van der Waals surface area contributed by atoms with Gasteiger partial charge < -0.3 is 15.2 Å². The highest BCUT2D eigenvalue weighted by atomic mass is 127. The fourth-order valence-corrected chi connectivity index (χ4v) is 3.07. The van der Waals surface area contributed by atoms with E-state index in [9.17, 15) is 0 Å². The first-order valence-corrected chi connectivity index (χ1v) is 8.34. The van der Waals surface area contributed by atoms with Gasteiger partial charge in [-0.1, -0.05) is 37.1 Å². The molecule has 130 valence electrons. The van der Waals surface area contributed by atoms with Crippen LogP contribution in [0.15, 0.2) is 48.0 Å². The lowest BCUT2D eigenvalue weighted by Crippen LogP contribution is -2.41. The van der Waals surface area contributed by atoms with Crippen molar-refractivity contribution in [2.24, 2.45) is 4.99 Å². The Morgan fingerprint density at radius 3 is 2.79 bits per heavy atom. The first kappa shape index (κ1) is 18.8. The molecule has 0 saturated heterocycles. The molecule has 3 rings (SSSR count). The molecule has 0 bridgehead atoms. The summed E-state index contributed by atoms with van der Waals surface area (Å²) in [6, 6.07) is 9.21. The molecule has 0 amide bonds. The monoisotopic (exact) mass is 439 g/mol. The maximum absolute atomic E-state index is 4.33. The SMILES string of the molecule is CN=C(NCc1cccc(Cn2ccnc2)c1)NC1CCCC1.I. The van der Waals surface area contributed by atoms with Crippen LogP contribution in [0, 0.1) is 0 Å². The Morgan fingerprint density at radius 1 is 1.29 bits per heavy atom. The zero-order valence-corrected chi connectivity index (χ0v) is 16.4. The molecule has 1 saturated carbocycles. The molecular weight excluding hydrogens is 413 g/mol. The lowest BCUT2D eigenvalue weighted by molar-refractivity contribution is 0.613. The number of aliphatic imine (C=N–C) groups is 1. The summed E-state index contributed by atoms with van der Waals surface area (Å²) in [6.45, 7) is 1.63. The van der Waals surface area contributed by atoms with Crippen LogP contribution in [-0.4, -0.2) is 28.6 Å². The van der Waals surface area contributed by atoms with Crippen LogP contribution in [0.3, 0.4) is 0 Å². The lowest BCUT2D eigenvalue weighted by atomic mass is 10.1. The van der Waals surface area contributed by atoms with Gasteiger partial charge in [0.05, 0.1) is 6.33 Å². The molecule has 5 nitrogen and oxygen atoms in total. The Morgan fingerprint density at radius 2 is 2.08 bits per heavy atom. The number of nitrogens with zero attached hydrogens (tertiary/aromatic N) is 3. The first-order chi connectivity index (χ1) is 11.3. The topological polar surface area (TPSA) is 54.2 Å². The van der Waals surface area contributed by atoms with Gasteiger partial charge in [-0.25, -0.2) is 4.98 Å². The van der Waals surface area contributed by atoms with Crippen LogP contribution in [0.25, 0.3) is 0 Å². The van der Waals surface area contributed by atoms with Crippen LogP contribution < -0.4 is 10.6 Å². The summed E-state index contributed by atoms with van der Waals surface area (Å²) in [5.41, 5.74) is 2.54. The summed E-state index contributed by atoms with van der Waals surface area (Å²) in [5, 5.41) is 6.93. The summed E-state index contributed by atoms with van der Waals surface area (Å²) in [7, 11) is 1.83. The first-order valence-electron chi connectivity index (χ1n) is 8.34. The number of nitrogens with one attached hydrogen (secondary N) is 2. The Labute approximate surface area is 161 Å². The maximum atomic E-state index is 4.33. The van der Waals surface area contributed by atoms with Crippen LogP contribution in [-0.2, 0) is 13.1 Å². The van der Waals surface area contributed by atoms with E-state index in [1.165, 1.54) is 36.8 Å². The van der Waals surface area contributed by atoms with Gasteiger partial charge in [-0.2, -0.15) is 0 Å². The van der Waals surface area contributed by atoms with Crippen molar-refractivity contribution in [3.8, 4) is 0 Å². The normalized spacial score (nSPS) is 15.1. The number of imidazole rings is 1. The van der Waals surface area contributed by atoms with Gasteiger partial charge >= 0.3 is 0 Å². The molecule has 0 atom stereocenters. The second-order valence-electron chi connectivity index (χ2n) is 6.11. The Kier molecular flexibility index (Phi) is 7.55. The fraction of sp³-hybridized carbons (Fsp3) is 0.444. The van der Waals surface area contributed by atoms with Crippen LogP contribution in [0.5, 0.6) is 0 Å². The van der Waals surface area contributed by atoms with Gasteiger partial charge in [-0.3, -0.25) is 4.99 Å². The largest absolute Gasteiger partial charge is 0.354 e. The van der Waals surface area contributed by atoms with Crippen molar-refractivity contribution in [3.63, 3.8) is 0 Å². The summed E-state index contributed by atoms with van der Waals surface area (Å²) < 4.78 is 2.08. The third kappa shape index (κ3) is 5.51. The summed E-state index contributed by atoms with van der Waals surface area (Å²) in [4.78, 5) is 8.42. The third-order valence-corrected chi connectivity index (χ3v) is 4.30. The van der Waals surface area contributed by atoms with Gasteiger partial charge in [0.1, 0.15) is 0 Å². The van der Waals surface area contributed by atoms with E-state index in [-0.39, 0.29) is 24.0 Å². The fourth-order valence-electron chi connectivity index (χ4n) is 3.07. The summed E-state index contributed by atoms with van der Waals surface area (Å²) >= 11 is 0. The van der Waals surface area contributed by atoms with E-state index in [4.69, 9.17) is 0 Å². The number of guanidine groups is 1. The number of hydrogen-bond donors (Lipinski definition) is 2. The minimum Gasteiger partial charge on any atom is -0.354 e. The molecule has 1 fully saturated rings. The smallest absolute Gasteiger partial charge is 0.191 e. The summed E-state index contributed by atoms with van der Waals surface area (Å²) in [6.07, 6.45) is 10.8. The standard InChI is InChI=1S/C18H25N5.HI/c1-19-18(22-17-7-2-3-8-17)21-12-15-5-4-6-16(11-15)13-23-10-9-20-14-23;/h4-6,9-11,14,17H,2-3,7-8,12-13H2,1H3,(H2,19,21,22);1H. The van der Waals surface area contributed by atoms with E-state index in [1.54, 1.807) is 0 Å². The zero-order valence-electron chi connectivity index (χ0n) is 14.1. The molecule has 6 heteroatoms. The van der Waals surface area contributed by atoms with Crippen molar-refractivity contribution < 1.29 is 0 Å². The molecule has 0 radical (unpaired) electrons. The molecule has 1 aromatic heterocycles. The molecule has 2 N–H and O–H groups in total. The predicted molar refractivity (Wildman–Crippen MR) is 109 cm³/mol. The third-order valence-electron chi connectivity index (χ3n) is 4.30. The molecular formula is C18H26IN5. The Hall–Kier alpha value is -1.57. The molecule has 1 aliphatic rings. The van der Waals surface area contributed by atoms with Crippen molar-refractivity contribution in [2.75, 3.05) is 7.05 Å². The minimum atomic E-state index is 0. The van der Waals surface area contributed by atoms with Crippen molar-refractivity contribution in [1.82, 2.24) is 20.2 Å². The number of benzene rings is 1. The van der Waals surface area contributed by atoms with E-state index in [2.05, 4.69) is 49.4 Å². The Balaban J connectivity index is 0.00000208.